The molecule has 0 aliphatic carbocycles. The minimum Gasteiger partial charge on any atom is -0.375 e. The predicted octanol–water partition coefficient (Wildman–Crippen LogP) is 3.26. The van der Waals surface area contributed by atoms with Gasteiger partial charge >= 0.3 is 0 Å². The Morgan fingerprint density at radius 1 is 1.08 bits per heavy atom. The predicted molar refractivity (Wildman–Crippen MR) is 98.3 cm³/mol. The normalized spacial score (nSPS) is 17.4. The van der Waals surface area contributed by atoms with E-state index in [2.05, 4.69) is 29.2 Å². The van der Waals surface area contributed by atoms with Crippen molar-refractivity contribution in [3.05, 3.63) is 66.0 Å². The summed E-state index contributed by atoms with van der Waals surface area (Å²) < 4.78 is 5.86. The molecule has 1 aliphatic heterocycles. The SMILES string of the molecule is O=C(CCc1ccncc1)N1CCOC(CCCc2ccccc2)C1. The van der Waals surface area contributed by atoms with E-state index in [1.807, 2.05) is 23.1 Å². The quantitative estimate of drug-likeness (QED) is 0.778. The molecule has 1 aliphatic rings. The van der Waals surface area contributed by atoms with E-state index < -0.39 is 0 Å². The van der Waals surface area contributed by atoms with Gasteiger partial charge < -0.3 is 9.64 Å². The number of ether oxygens (including phenoxy) is 1. The maximum atomic E-state index is 12.5. The Labute approximate surface area is 149 Å². The van der Waals surface area contributed by atoms with Crippen LogP contribution in [0.3, 0.4) is 0 Å². The van der Waals surface area contributed by atoms with E-state index in [0.29, 0.717) is 19.6 Å². The number of aromatic nitrogens is 1. The molecular weight excluding hydrogens is 312 g/mol. The highest BCUT2D eigenvalue weighted by atomic mass is 16.5. The van der Waals surface area contributed by atoms with Crippen LogP contribution in [0, 0.1) is 0 Å². The number of benzene rings is 1. The lowest BCUT2D eigenvalue weighted by molar-refractivity contribution is -0.139. The maximum absolute atomic E-state index is 12.5. The zero-order valence-corrected chi connectivity index (χ0v) is 14.6. The smallest absolute Gasteiger partial charge is 0.223 e. The first kappa shape index (κ1) is 17.6. The molecule has 0 saturated carbocycles. The number of amides is 1. The van der Waals surface area contributed by atoms with Gasteiger partial charge in [-0.05, 0) is 48.9 Å². The van der Waals surface area contributed by atoms with Crippen molar-refractivity contribution >= 4 is 5.91 Å². The van der Waals surface area contributed by atoms with E-state index in [1.54, 1.807) is 12.4 Å². The number of pyridine rings is 1. The number of hydrogen-bond acceptors (Lipinski definition) is 3. The second kappa shape index (κ2) is 9.33. The van der Waals surface area contributed by atoms with Crippen LogP contribution in [0.25, 0.3) is 0 Å². The summed E-state index contributed by atoms with van der Waals surface area (Å²) in [6, 6.07) is 14.5. The first-order valence-corrected chi connectivity index (χ1v) is 9.13. The van der Waals surface area contributed by atoms with Crippen LogP contribution < -0.4 is 0 Å². The van der Waals surface area contributed by atoms with Gasteiger partial charge in [0.15, 0.2) is 0 Å². The summed E-state index contributed by atoms with van der Waals surface area (Å²) in [5.74, 6) is 0.230. The number of carbonyl (C=O) groups excluding carboxylic acids is 1. The lowest BCUT2D eigenvalue weighted by Crippen LogP contribution is -2.45. The van der Waals surface area contributed by atoms with Crippen molar-refractivity contribution in [2.45, 2.75) is 38.2 Å². The first-order valence-electron chi connectivity index (χ1n) is 9.13. The van der Waals surface area contributed by atoms with E-state index in [4.69, 9.17) is 4.74 Å². The van der Waals surface area contributed by atoms with Gasteiger partial charge in [-0.2, -0.15) is 0 Å². The molecule has 25 heavy (non-hydrogen) atoms. The molecule has 0 spiro atoms. The molecule has 2 heterocycles. The third-order valence-electron chi connectivity index (χ3n) is 4.70. The Balaban J connectivity index is 1.40. The van der Waals surface area contributed by atoms with Crippen molar-refractivity contribution in [3.63, 3.8) is 0 Å². The zero-order valence-electron chi connectivity index (χ0n) is 14.6. The molecule has 1 aromatic heterocycles. The van der Waals surface area contributed by atoms with Crippen LogP contribution in [0.5, 0.6) is 0 Å². The molecule has 1 amide bonds. The van der Waals surface area contributed by atoms with E-state index in [9.17, 15) is 4.79 Å². The topological polar surface area (TPSA) is 42.4 Å². The summed E-state index contributed by atoms with van der Waals surface area (Å²) in [5.41, 5.74) is 2.53. The Morgan fingerprint density at radius 2 is 1.84 bits per heavy atom. The fourth-order valence-electron chi connectivity index (χ4n) is 3.26. The molecule has 0 N–H and O–H groups in total. The summed E-state index contributed by atoms with van der Waals surface area (Å²) in [6.45, 7) is 2.09. The Bertz CT molecular complexity index is 645. The standard InChI is InChI=1S/C21H26N2O2/c24-21(10-9-19-11-13-22-14-12-19)23-15-16-25-20(17-23)8-4-7-18-5-2-1-3-6-18/h1-3,5-6,11-14,20H,4,7-10,15-17H2. The van der Waals surface area contributed by atoms with Gasteiger partial charge in [-0.1, -0.05) is 30.3 Å². The maximum Gasteiger partial charge on any atom is 0.223 e. The monoisotopic (exact) mass is 338 g/mol. The molecule has 1 fully saturated rings. The summed E-state index contributed by atoms with van der Waals surface area (Å²) in [5, 5.41) is 0. The van der Waals surface area contributed by atoms with E-state index in [-0.39, 0.29) is 12.0 Å². The number of carbonyl (C=O) groups is 1. The van der Waals surface area contributed by atoms with Crippen LogP contribution in [0.1, 0.15) is 30.4 Å². The van der Waals surface area contributed by atoms with Crippen LogP contribution in [-0.2, 0) is 22.4 Å². The fraction of sp³-hybridized carbons (Fsp3) is 0.429. The molecular formula is C21H26N2O2. The summed E-state index contributed by atoms with van der Waals surface area (Å²) >= 11 is 0. The van der Waals surface area contributed by atoms with Crippen molar-refractivity contribution in [2.75, 3.05) is 19.7 Å². The number of morpholine rings is 1. The van der Waals surface area contributed by atoms with Crippen LogP contribution >= 0.6 is 0 Å². The highest BCUT2D eigenvalue weighted by Crippen LogP contribution is 2.15. The number of nitrogens with zero attached hydrogens (tertiary/aromatic N) is 2. The molecule has 1 aromatic carbocycles. The summed E-state index contributed by atoms with van der Waals surface area (Å²) in [4.78, 5) is 18.4. The van der Waals surface area contributed by atoms with Crippen LogP contribution in [0.2, 0.25) is 0 Å². The Hall–Kier alpha value is -2.20. The lowest BCUT2D eigenvalue weighted by atomic mass is 10.0. The van der Waals surface area contributed by atoms with E-state index in [0.717, 1.165) is 37.8 Å². The van der Waals surface area contributed by atoms with Crippen molar-refractivity contribution in [3.8, 4) is 0 Å². The van der Waals surface area contributed by atoms with Gasteiger partial charge in [-0.15, -0.1) is 0 Å². The lowest BCUT2D eigenvalue weighted by Gasteiger charge is -2.33. The minimum absolute atomic E-state index is 0.169. The number of rotatable bonds is 7. The van der Waals surface area contributed by atoms with Gasteiger partial charge in [0.25, 0.3) is 0 Å². The van der Waals surface area contributed by atoms with Crippen molar-refractivity contribution < 1.29 is 9.53 Å². The fourth-order valence-corrected chi connectivity index (χ4v) is 3.26. The molecule has 2 aromatic rings. The largest absolute Gasteiger partial charge is 0.375 e. The summed E-state index contributed by atoms with van der Waals surface area (Å²) in [6.07, 6.45) is 8.21. The van der Waals surface area contributed by atoms with Crippen molar-refractivity contribution in [1.82, 2.24) is 9.88 Å². The molecule has 132 valence electrons. The molecule has 3 rings (SSSR count). The van der Waals surface area contributed by atoms with Crippen molar-refractivity contribution in [1.29, 1.82) is 0 Å². The van der Waals surface area contributed by atoms with Crippen LogP contribution in [0.4, 0.5) is 0 Å². The molecule has 0 bridgehead atoms. The average Bonchev–Trinajstić information content (AvgIpc) is 2.68. The second-order valence-corrected chi connectivity index (χ2v) is 6.57. The Kier molecular flexibility index (Phi) is 6.57. The average molecular weight is 338 g/mol. The van der Waals surface area contributed by atoms with Crippen LogP contribution in [-0.4, -0.2) is 41.6 Å². The molecule has 1 saturated heterocycles. The molecule has 4 nitrogen and oxygen atoms in total. The molecule has 1 atom stereocenters. The van der Waals surface area contributed by atoms with Crippen LogP contribution in [0.15, 0.2) is 54.9 Å². The van der Waals surface area contributed by atoms with Crippen molar-refractivity contribution in [2.24, 2.45) is 0 Å². The molecule has 1 unspecified atom stereocenters. The zero-order chi connectivity index (χ0) is 17.3. The number of hydrogen-bond donors (Lipinski definition) is 0. The second-order valence-electron chi connectivity index (χ2n) is 6.57. The highest BCUT2D eigenvalue weighted by Gasteiger charge is 2.23. The molecule has 0 radical (unpaired) electrons. The first-order chi connectivity index (χ1) is 12.3. The number of aryl methyl sites for hydroxylation is 2. The third-order valence-corrected chi connectivity index (χ3v) is 4.70. The molecule has 4 heteroatoms. The van der Waals surface area contributed by atoms with Gasteiger partial charge in [0.05, 0.1) is 12.7 Å². The minimum atomic E-state index is 0.169. The summed E-state index contributed by atoms with van der Waals surface area (Å²) in [7, 11) is 0. The van der Waals surface area contributed by atoms with Gasteiger partial charge in [0, 0.05) is 31.9 Å². The van der Waals surface area contributed by atoms with Gasteiger partial charge in [-0.3, -0.25) is 9.78 Å². The van der Waals surface area contributed by atoms with E-state index in [1.165, 1.54) is 5.56 Å². The van der Waals surface area contributed by atoms with Gasteiger partial charge in [-0.25, -0.2) is 0 Å². The Morgan fingerprint density at radius 3 is 2.64 bits per heavy atom. The highest BCUT2D eigenvalue weighted by molar-refractivity contribution is 5.76. The van der Waals surface area contributed by atoms with Gasteiger partial charge in [0.2, 0.25) is 5.91 Å². The third kappa shape index (κ3) is 5.68. The van der Waals surface area contributed by atoms with Gasteiger partial charge in [0.1, 0.15) is 0 Å². The van der Waals surface area contributed by atoms with E-state index >= 15 is 0 Å².